The van der Waals surface area contributed by atoms with E-state index in [9.17, 15) is 14.0 Å². The largest absolute Gasteiger partial charge is 0.453 e. The molecule has 0 radical (unpaired) electrons. The third-order valence-corrected chi connectivity index (χ3v) is 4.00. The van der Waals surface area contributed by atoms with Crippen molar-refractivity contribution < 1.29 is 13.2 Å². The number of oxazole rings is 1. The van der Waals surface area contributed by atoms with Crippen LogP contribution in [0.4, 0.5) is 4.39 Å². The van der Waals surface area contributed by atoms with Crippen LogP contribution in [0.3, 0.4) is 0 Å². The summed E-state index contributed by atoms with van der Waals surface area (Å²) < 4.78 is 25.9. The van der Waals surface area contributed by atoms with Gasteiger partial charge in [0.2, 0.25) is 0 Å². The lowest BCUT2D eigenvalue weighted by molar-refractivity contribution is 0.505. The van der Waals surface area contributed by atoms with Crippen LogP contribution in [0, 0.1) is 17.1 Å². The molecule has 2 aromatic carbocycles. The molecular weight excluding hydrogens is 327 g/mol. The van der Waals surface area contributed by atoms with Crippen molar-refractivity contribution in [2.45, 2.75) is 0 Å². The van der Waals surface area contributed by atoms with Gasteiger partial charge in [0.25, 0.3) is 0 Å². The van der Waals surface area contributed by atoms with E-state index in [0.29, 0.717) is 11.1 Å². The highest BCUT2D eigenvalue weighted by Gasteiger charge is 2.19. The fourth-order valence-corrected chi connectivity index (χ4v) is 2.72. The molecule has 0 saturated heterocycles. The van der Waals surface area contributed by atoms with Gasteiger partial charge in [-0.1, -0.05) is 0 Å². The van der Waals surface area contributed by atoms with Gasteiger partial charge in [-0.2, -0.15) is 5.26 Å². The quantitative estimate of drug-likeness (QED) is 0.533. The van der Waals surface area contributed by atoms with E-state index in [-0.39, 0.29) is 27.8 Å². The first kappa shape index (κ1) is 14.9. The highest BCUT2D eigenvalue weighted by Crippen LogP contribution is 2.29. The third-order valence-electron chi connectivity index (χ3n) is 4.00. The number of fused-ring (bicyclic) bond motifs is 3. The maximum atomic E-state index is 14.1. The summed E-state index contributed by atoms with van der Waals surface area (Å²) in [6.07, 6.45) is 0. The van der Waals surface area contributed by atoms with Crippen molar-refractivity contribution in [3.63, 3.8) is 0 Å². The fraction of sp³-hybridized carbons (Fsp3) is 0.0556. The highest BCUT2D eigenvalue weighted by molar-refractivity contribution is 6.00. The summed E-state index contributed by atoms with van der Waals surface area (Å²) in [6, 6.07) is 10.7. The summed E-state index contributed by atoms with van der Waals surface area (Å²) in [6.45, 7) is 0. The average Bonchev–Trinajstić information content (AvgIpc) is 2.92. The Morgan fingerprint density at radius 2 is 1.80 bits per heavy atom. The molecule has 0 N–H and O–H groups in total. The maximum Gasteiger partial charge on any atom is 0.419 e. The van der Waals surface area contributed by atoms with Crippen LogP contribution >= 0.6 is 0 Å². The predicted octanol–water partition coefficient (Wildman–Crippen LogP) is 2.92. The van der Waals surface area contributed by atoms with Crippen LogP contribution in [0.1, 0.15) is 5.56 Å². The average molecular weight is 336 g/mol. The van der Waals surface area contributed by atoms with Gasteiger partial charge >= 0.3 is 5.76 Å². The Balaban J connectivity index is 2.11. The third kappa shape index (κ3) is 2.16. The Morgan fingerprint density at radius 3 is 2.48 bits per heavy atom. The molecule has 7 heteroatoms. The van der Waals surface area contributed by atoms with Crippen molar-refractivity contribution in [3.05, 3.63) is 68.6 Å². The van der Waals surface area contributed by atoms with Crippen LogP contribution in [0.25, 0.3) is 33.4 Å². The molecule has 25 heavy (non-hydrogen) atoms. The molecule has 0 aliphatic rings. The molecule has 0 fully saturated rings. The van der Waals surface area contributed by atoms with Crippen molar-refractivity contribution in [2.24, 2.45) is 7.05 Å². The Bertz CT molecular complexity index is 1300. The number of hydrogen-bond acceptors (Lipinski definition) is 5. The zero-order chi connectivity index (χ0) is 17.7. The number of nitriles is 1. The van der Waals surface area contributed by atoms with Crippen LogP contribution in [-0.2, 0) is 7.05 Å². The smallest absolute Gasteiger partial charge is 0.419 e. The Hall–Kier alpha value is -3.66. The second-order valence-electron chi connectivity index (χ2n) is 5.50. The van der Waals surface area contributed by atoms with Gasteiger partial charge in [-0.15, -0.1) is 0 Å². The lowest BCUT2D eigenvalue weighted by Crippen LogP contribution is -2.09. The molecule has 0 unspecified atom stereocenters. The van der Waals surface area contributed by atoms with Gasteiger partial charge < -0.3 is 8.83 Å². The Labute approximate surface area is 138 Å². The summed E-state index contributed by atoms with van der Waals surface area (Å²) in [5.41, 5.74) is 0.469. The fourth-order valence-electron chi connectivity index (χ4n) is 2.72. The van der Waals surface area contributed by atoms with Crippen LogP contribution in [0.15, 0.2) is 54.8 Å². The van der Waals surface area contributed by atoms with E-state index in [0.717, 1.165) is 10.6 Å². The summed E-state index contributed by atoms with van der Waals surface area (Å²) in [4.78, 5) is 24.1. The molecule has 4 rings (SSSR count). The minimum absolute atomic E-state index is 0.0128. The number of hydrogen-bond donors (Lipinski definition) is 0. The molecule has 6 nitrogen and oxygen atoms in total. The van der Waals surface area contributed by atoms with Crippen molar-refractivity contribution in [1.82, 2.24) is 4.57 Å². The topological polar surface area (TPSA) is 89.1 Å². The summed E-state index contributed by atoms with van der Waals surface area (Å²) in [5, 5.41) is 8.87. The minimum Gasteiger partial charge on any atom is -0.453 e. The lowest BCUT2D eigenvalue weighted by Gasteiger charge is -2.05. The van der Waals surface area contributed by atoms with E-state index in [1.165, 1.54) is 13.1 Å². The van der Waals surface area contributed by atoms with Gasteiger partial charge in [0.15, 0.2) is 22.4 Å². The Morgan fingerprint density at radius 1 is 1.08 bits per heavy atom. The predicted molar refractivity (Wildman–Crippen MR) is 87.6 cm³/mol. The van der Waals surface area contributed by atoms with E-state index in [2.05, 4.69) is 0 Å². The van der Waals surface area contributed by atoms with Crippen LogP contribution < -0.4 is 11.2 Å². The van der Waals surface area contributed by atoms with E-state index >= 15 is 0 Å². The van der Waals surface area contributed by atoms with Gasteiger partial charge in [-0.05, 0) is 30.3 Å². The number of aromatic nitrogens is 1. The summed E-state index contributed by atoms with van der Waals surface area (Å²) in [5.74, 6) is -1.32. The van der Waals surface area contributed by atoms with Crippen molar-refractivity contribution in [1.29, 1.82) is 5.26 Å². The molecular formula is C18H9FN2O4. The Kier molecular flexibility index (Phi) is 3.09. The first-order valence-electron chi connectivity index (χ1n) is 7.26. The van der Waals surface area contributed by atoms with Gasteiger partial charge in [-0.25, -0.2) is 9.18 Å². The molecule has 2 heterocycles. The number of rotatable bonds is 1. The molecule has 0 bridgehead atoms. The second kappa shape index (κ2) is 5.18. The molecule has 0 aliphatic heterocycles. The van der Waals surface area contributed by atoms with Crippen LogP contribution in [-0.4, -0.2) is 4.57 Å². The number of halogens is 1. The van der Waals surface area contributed by atoms with Gasteiger partial charge in [0.1, 0.15) is 11.3 Å². The monoisotopic (exact) mass is 336 g/mol. The number of nitrogens with zero attached hydrogens (tertiary/aromatic N) is 2. The van der Waals surface area contributed by atoms with Gasteiger partial charge in [0, 0.05) is 18.7 Å². The van der Waals surface area contributed by atoms with Gasteiger partial charge in [0.05, 0.1) is 17.0 Å². The van der Waals surface area contributed by atoms with Crippen LogP contribution in [0.5, 0.6) is 0 Å². The molecule has 122 valence electrons. The zero-order valence-corrected chi connectivity index (χ0v) is 12.9. The van der Waals surface area contributed by atoms with E-state index < -0.39 is 17.0 Å². The first-order valence-corrected chi connectivity index (χ1v) is 7.26. The maximum absolute atomic E-state index is 14.1. The van der Waals surface area contributed by atoms with Crippen molar-refractivity contribution in [3.8, 4) is 17.4 Å². The molecule has 0 spiro atoms. The second-order valence-corrected chi connectivity index (χ2v) is 5.50. The standard InChI is InChI=1S/C18H9FN2O4/c1-21-15-16-11(6-12(19)17(15)25-18(21)23)13(22)7-14(24-16)10-4-2-9(8-20)3-5-10/h2-7H,1H3. The van der Waals surface area contributed by atoms with E-state index in [1.54, 1.807) is 24.3 Å². The van der Waals surface area contributed by atoms with Gasteiger partial charge in [-0.3, -0.25) is 9.36 Å². The molecule has 0 aliphatic carbocycles. The van der Waals surface area contributed by atoms with E-state index in [4.69, 9.17) is 14.1 Å². The highest BCUT2D eigenvalue weighted by atomic mass is 19.1. The summed E-state index contributed by atoms with van der Waals surface area (Å²) >= 11 is 0. The molecule has 0 atom stereocenters. The molecule has 2 aromatic heterocycles. The van der Waals surface area contributed by atoms with E-state index in [1.807, 2.05) is 6.07 Å². The summed E-state index contributed by atoms with van der Waals surface area (Å²) in [7, 11) is 1.40. The van der Waals surface area contributed by atoms with Crippen molar-refractivity contribution >= 4 is 22.1 Å². The zero-order valence-electron chi connectivity index (χ0n) is 12.9. The molecule has 4 aromatic rings. The normalized spacial score (nSPS) is 11.1. The minimum atomic E-state index is -0.807. The van der Waals surface area contributed by atoms with Crippen LogP contribution in [0.2, 0.25) is 0 Å². The number of benzene rings is 2. The first-order chi connectivity index (χ1) is 12.0. The lowest BCUT2D eigenvalue weighted by atomic mass is 10.1. The number of aryl methyl sites for hydroxylation is 1. The SMILES string of the molecule is Cn1c(=O)oc2c(F)cc3c(=O)cc(-c4ccc(C#N)cc4)oc3c21. The molecule has 0 amide bonds. The molecule has 0 saturated carbocycles. The van der Waals surface area contributed by atoms with Crippen molar-refractivity contribution in [2.75, 3.05) is 0 Å².